The van der Waals surface area contributed by atoms with Gasteiger partial charge < -0.3 is 15.4 Å². The molecule has 0 bridgehead atoms. The molecule has 3 N–H and O–H groups in total. The SMILES string of the molecule is CC(C=CC1=C(C)CCCC1(C)C)=CC=CC(C)=CC(=O)N[C@@H](Cc1c[nH]c2ccccc12)C(=O)O. The van der Waals surface area contributed by atoms with Crippen LogP contribution in [0.15, 0.2) is 89.2 Å². The molecule has 36 heavy (non-hydrogen) atoms. The van der Waals surface area contributed by atoms with Crippen LogP contribution in [-0.2, 0) is 16.0 Å². The van der Waals surface area contributed by atoms with Crippen LogP contribution in [0.3, 0.4) is 0 Å². The van der Waals surface area contributed by atoms with Crippen molar-refractivity contribution in [2.45, 2.75) is 66.3 Å². The number of carbonyl (C=O) groups is 2. The number of aromatic nitrogens is 1. The highest BCUT2D eigenvalue weighted by atomic mass is 16.4. The van der Waals surface area contributed by atoms with E-state index in [1.807, 2.05) is 49.4 Å². The maximum absolute atomic E-state index is 12.5. The Kier molecular flexibility index (Phi) is 8.92. The van der Waals surface area contributed by atoms with Crippen LogP contribution < -0.4 is 5.32 Å². The molecule has 1 amide bonds. The Hall–Kier alpha value is -3.60. The Bertz CT molecular complexity index is 1270. The van der Waals surface area contributed by atoms with Crippen molar-refractivity contribution < 1.29 is 14.7 Å². The molecule has 1 aliphatic carbocycles. The van der Waals surface area contributed by atoms with E-state index in [2.05, 4.69) is 50.1 Å². The van der Waals surface area contributed by atoms with E-state index in [1.165, 1.54) is 36.5 Å². The van der Waals surface area contributed by atoms with Gasteiger partial charge in [-0.25, -0.2) is 4.79 Å². The standard InChI is InChI=1S/C31H38N2O3/c1-21(15-16-26-23(3)12-9-17-31(26,4)5)10-8-11-22(2)18-29(34)33-28(30(35)36)19-24-20-32-27-14-7-6-13-25(24)27/h6-8,10-11,13-16,18,20,28,32H,9,12,17,19H2,1-5H3,(H,33,34)(H,35,36)/t28-/m0/s1. The number of aromatic amines is 1. The van der Waals surface area contributed by atoms with Gasteiger partial charge in [0.15, 0.2) is 0 Å². The Morgan fingerprint density at radius 1 is 1.17 bits per heavy atom. The molecule has 5 heteroatoms. The Morgan fingerprint density at radius 3 is 2.64 bits per heavy atom. The first-order valence-corrected chi connectivity index (χ1v) is 12.6. The van der Waals surface area contributed by atoms with Crippen molar-refractivity contribution in [1.29, 1.82) is 0 Å². The van der Waals surface area contributed by atoms with Crippen LogP contribution in [-0.4, -0.2) is 28.0 Å². The second kappa shape index (κ2) is 11.9. The van der Waals surface area contributed by atoms with Gasteiger partial charge in [0.2, 0.25) is 5.91 Å². The van der Waals surface area contributed by atoms with Gasteiger partial charge in [-0.05, 0) is 68.2 Å². The van der Waals surface area contributed by atoms with Crippen LogP contribution >= 0.6 is 0 Å². The molecule has 190 valence electrons. The van der Waals surface area contributed by atoms with Crippen molar-refractivity contribution in [3.63, 3.8) is 0 Å². The van der Waals surface area contributed by atoms with Crippen molar-refractivity contribution in [3.8, 4) is 0 Å². The fourth-order valence-corrected chi connectivity index (χ4v) is 4.82. The highest BCUT2D eigenvalue weighted by Crippen LogP contribution is 2.40. The second-order valence-electron chi connectivity index (χ2n) is 10.4. The molecule has 2 aromatic rings. The third kappa shape index (κ3) is 7.20. The third-order valence-corrected chi connectivity index (χ3v) is 6.85. The summed E-state index contributed by atoms with van der Waals surface area (Å²) < 4.78 is 0. The smallest absolute Gasteiger partial charge is 0.326 e. The minimum absolute atomic E-state index is 0.203. The summed E-state index contributed by atoms with van der Waals surface area (Å²) >= 11 is 0. The molecule has 0 radical (unpaired) electrons. The van der Waals surface area contributed by atoms with Gasteiger partial charge in [-0.15, -0.1) is 0 Å². The summed E-state index contributed by atoms with van der Waals surface area (Å²) in [6.07, 6.45) is 17.2. The lowest BCUT2D eigenvalue weighted by Gasteiger charge is -2.32. The zero-order valence-electron chi connectivity index (χ0n) is 22.0. The molecule has 0 saturated heterocycles. The van der Waals surface area contributed by atoms with Gasteiger partial charge in [0.25, 0.3) is 0 Å². The normalized spacial score (nSPS) is 17.8. The number of nitrogens with one attached hydrogen (secondary N) is 2. The van der Waals surface area contributed by atoms with E-state index in [0.717, 1.165) is 27.6 Å². The van der Waals surface area contributed by atoms with E-state index in [4.69, 9.17) is 0 Å². The Labute approximate surface area is 214 Å². The molecule has 1 atom stereocenters. The Morgan fingerprint density at radius 2 is 1.92 bits per heavy atom. The van der Waals surface area contributed by atoms with Gasteiger partial charge in [-0.3, -0.25) is 4.79 Å². The summed E-state index contributed by atoms with van der Waals surface area (Å²) in [6, 6.07) is 6.69. The number of benzene rings is 1. The minimum atomic E-state index is -1.06. The number of hydrogen-bond donors (Lipinski definition) is 3. The molecular formula is C31H38N2O3. The topological polar surface area (TPSA) is 82.2 Å². The predicted octanol–water partition coefficient (Wildman–Crippen LogP) is 6.81. The summed E-state index contributed by atoms with van der Waals surface area (Å²) in [6.45, 7) is 10.7. The molecule has 0 fully saturated rings. The maximum Gasteiger partial charge on any atom is 0.326 e. The van der Waals surface area contributed by atoms with Crippen molar-refractivity contribution in [2.75, 3.05) is 0 Å². The largest absolute Gasteiger partial charge is 0.480 e. The fraction of sp³-hybridized carbons (Fsp3) is 0.355. The molecule has 1 heterocycles. The quantitative estimate of drug-likeness (QED) is 0.269. The number of H-pyrrole nitrogens is 1. The predicted molar refractivity (Wildman–Crippen MR) is 148 cm³/mol. The van der Waals surface area contributed by atoms with Gasteiger partial charge in [-0.1, -0.05) is 73.6 Å². The summed E-state index contributed by atoms with van der Waals surface area (Å²) in [5, 5.41) is 13.2. The number of para-hydroxylation sites is 1. The van der Waals surface area contributed by atoms with Gasteiger partial charge in [-0.2, -0.15) is 0 Å². The van der Waals surface area contributed by atoms with Gasteiger partial charge >= 0.3 is 5.97 Å². The monoisotopic (exact) mass is 486 g/mol. The first-order valence-electron chi connectivity index (χ1n) is 12.6. The summed E-state index contributed by atoms with van der Waals surface area (Å²) in [5.74, 6) is -1.49. The van der Waals surface area contributed by atoms with E-state index < -0.39 is 17.9 Å². The number of amides is 1. The highest BCUT2D eigenvalue weighted by molar-refractivity contribution is 5.92. The molecule has 1 aromatic carbocycles. The first kappa shape index (κ1) is 27.0. The number of carboxylic acid groups (broad SMARTS) is 1. The van der Waals surface area contributed by atoms with Crippen molar-refractivity contribution in [3.05, 3.63) is 94.8 Å². The van der Waals surface area contributed by atoms with E-state index in [0.29, 0.717) is 0 Å². The number of hydrogen-bond acceptors (Lipinski definition) is 2. The van der Waals surface area contributed by atoms with Crippen molar-refractivity contribution in [2.24, 2.45) is 5.41 Å². The number of fused-ring (bicyclic) bond motifs is 1. The van der Waals surface area contributed by atoms with E-state index in [-0.39, 0.29) is 11.8 Å². The van der Waals surface area contributed by atoms with Crippen LogP contribution in [0.2, 0.25) is 0 Å². The molecule has 0 unspecified atom stereocenters. The number of carbonyl (C=O) groups excluding carboxylic acids is 1. The summed E-state index contributed by atoms with van der Waals surface area (Å²) in [7, 11) is 0. The van der Waals surface area contributed by atoms with Crippen LogP contribution in [0.1, 0.15) is 59.4 Å². The van der Waals surface area contributed by atoms with E-state index in [1.54, 1.807) is 6.20 Å². The second-order valence-corrected chi connectivity index (χ2v) is 10.4. The third-order valence-electron chi connectivity index (χ3n) is 6.85. The molecule has 0 saturated carbocycles. The van der Waals surface area contributed by atoms with Crippen LogP contribution in [0.25, 0.3) is 10.9 Å². The van der Waals surface area contributed by atoms with Gasteiger partial charge in [0.1, 0.15) is 6.04 Å². The average molecular weight is 487 g/mol. The minimum Gasteiger partial charge on any atom is -0.480 e. The molecule has 0 aliphatic heterocycles. The van der Waals surface area contributed by atoms with Gasteiger partial charge in [0, 0.05) is 29.6 Å². The number of aliphatic carboxylic acids is 1. The summed E-state index contributed by atoms with van der Waals surface area (Å²) in [5.41, 5.74) is 6.77. The highest BCUT2D eigenvalue weighted by Gasteiger charge is 2.26. The lowest BCUT2D eigenvalue weighted by Crippen LogP contribution is -2.41. The maximum atomic E-state index is 12.5. The van der Waals surface area contributed by atoms with Crippen molar-refractivity contribution in [1.82, 2.24) is 10.3 Å². The molecule has 1 aromatic heterocycles. The summed E-state index contributed by atoms with van der Waals surface area (Å²) in [4.78, 5) is 27.4. The zero-order valence-corrected chi connectivity index (χ0v) is 22.0. The zero-order chi connectivity index (χ0) is 26.3. The van der Waals surface area contributed by atoms with E-state index >= 15 is 0 Å². The molecular weight excluding hydrogens is 448 g/mol. The van der Waals surface area contributed by atoms with Crippen LogP contribution in [0.4, 0.5) is 0 Å². The first-order chi connectivity index (χ1) is 17.1. The van der Waals surface area contributed by atoms with E-state index in [9.17, 15) is 14.7 Å². The molecule has 3 rings (SSSR count). The number of rotatable bonds is 9. The lowest BCUT2D eigenvalue weighted by atomic mass is 9.72. The molecule has 1 aliphatic rings. The number of allylic oxidation sites excluding steroid dienone is 9. The van der Waals surface area contributed by atoms with Crippen LogP contribution in [0.5, 0.6) is 0 Å². The van der Waals surface area contributed by atoms with Gasteiger partial charge in [0.05, 0.1) is 0 Å². The molecule has 5 nitrogen and oxygen atoms in total. The average Bonchev–Trinajstić information content (AvgIpc) is 3.20. The van der Waals surface area contributed by atoms with Crippen LogP contribution in [0, 0.1) is 5.41 Å². The number of carboxylic acids is 1. The lowest BCUT2D eigenvalue weighted by molar-refractivity contribution is -0.141. The van der Waals surface area contributed by atoms with Crippen molar-refractivity contribution >= 4 is 22.8 Å². The fourth-order valence-electron chi connectivity index (χ4n) is 4.82. The molecule has 0 spiro atoms. The Balaban J connectivity index is 1.60.